The zero-order valence-electron chi connectivity index (χ0n) is 15.0. The zero-order chi connectivity index (χ0) is 19.6. The molecule has 1 saturated heterocycles. The van der Waals surface area contributed by atoms with Crippen LogP contribution in [0.2, 0.25) is 0 Å². The zero-order valence-corrected chi connectivity index (χ0v) is 16.6. The van der Waals surface area contributed by atoms with Crippen LogP contribution in [0.4, 0.5) is 4.79 Å². The Labute approximate surface area is 165 Å². The van der Waals surface area contributed by atoms with Gasteiger partial charge in [0.05, 0.1) is 12.7 Å². The number of benzene rings is 2. The van der Waals surface area contributed by atoms with Gasteiger partial charge in [-0.2, -0.15) is 0 Å². The molecule has 6 nitrogen and oxygen atoms in total. The number of amides is 3. The van der Waals surface area contributed by atoms with E-state index in [9.17, 15) is 14.4 Å². The van der Waals surface area contributed by atoms with Crippen LogP contribution < -0.4 is 5.32 Å². The van der Waals surface area contributed by atoms with E-state index in [1.54, 1.807) is 31.2 Å². The van der Waals surface area contributed by atoms with E-state index in [4.69, 9.17) is 0 Å². The monoisotopic (exact) mass is 430 g/mol. The van der Waals surface area contributed by atoms with E-state index in [1.165, 1.54) is 12.0 Å². The van der Waals surface area contributed by atoms with Gasteiger partial charge >= 0.3 is 12.0 Å². The van der Waals surface area contributed by atoms with Crippen molar-refractivity contribution in [3.8, 4) is 0 Å². The third-order valence-electron chi connectivity index (χ3n) is 4.69. The molecule has 2 aromatic rings. The molecule has 1 aliphatic heterocycles. The number of methoxy groups -OCH3 is 1. The lowest BCUT2D eigenvalue weighted by Crippen LogP contribution is -2.41. The summed E-state index contributed by atoms with van der Waals surface area (Å²) in [5, 5.41) is 2.80. The van der Waals surface area contributed by atoms with Gasteiger partial charge in [0.2, 0.25) is 0 Å². The maximum Gasteiger partial charge on any atom is 0.337 e. The number of halogens is 1. The molecule has 0 unspecified atom stereocenters. The first-order chi connectivity index (χ1) is 12.9. The summed E-state index contributed by atoms with van der Waals surface area (Å²) < 4.78 is 5.44. The van der Waals surface area contributed by atoms with Crippen LogP contribution in [0, 0.1) is 0 Å². The van der Waals surface area contributed by atoms with Crippen molar-refractivity contribution in [2.45, 2.75) is 18.9 Å². The molecule has 0 spiro atoms. The molecule has 1 fully saturated rings. The number of imide groups is 1. The van der Waals surface area contributed by atoms with E-state index in [0.29, 0.717) is 17.5 Å². The van der Waals surface area contributed by atoms with Gasteiger partial charge in [0.15, 0.2) is 0 Å². The van der Waals surface area contributed by atoms with Crippen LogP contribution in [0.15, 0.2) is 53.0 Å². The number of hydrogen-bond acceptors (Lipinski definition) is 4. The van der Waals surface area contributed by atoms with Crippen LogP contribution in [0.1, 0.15) is 28.4 Å². The predicted molar refractivity (Wildman–Crippen MR) is 103 cm³/mol. The van der Waals surface area contributed by atoms with Gasteiger partial charge in [-0.15, -0.1) is 0 Å². The predicted octanol–water partition coefficient (Wildman–Crippen LogP) is 3.25. The molecular weight excluding hydrogens is 412 g/mol. The molecule has 2 aromatic carbocycles. The van der Waals surface area contributed by atoms with Gasteiger partial charge in [0.1, 0.15) is 5.54 Å². The number of nitrogens with zero attached hydrogens (tertiary/aromatic N) is 1. The minimum Gasteiger partial charge on any atom is -0.465 e. The maximum absolute atomic E-state index is 13.0. The van der Waals surface area contributed by atoms with Crippen LogP contribution in [0.3, 0.4) is 0 Å². The molecule has 7 heteroatoms. The normalized spacial score (nSPS) is 19.1. The fourth-order valence-corrected chi connectivity index (χ4v) is 3.80. The SMILES string of the molecule is COC(=O)c1ccc(CCN2C(=O)N[C@@](C)(c3ccccc3Br)C2=O)cc1. The van der Waals surface area contributed by atoms with E-state index < -0.39 is 17.5 Å². The molecule has 1 N–H and O–H groups in total. The second-order valence-electron chi connectivity index (χ2n) is 6.43. The molecule has 1 aliphatic rings. The van der Waals surface area contributed by atoms with Crippen molar-refractivity contribution < 1.29 is 19.1 Å². The molecule has 0 saturated carbocycles. The Morgan fingerprint density at radius 2 is 1.81 bits per heavy atom. The van der Waals surface area contributed by atoms with Crippen molar-refractivity contribution in [2.75, 3.05) is 13.7 Å². The van der Waals surface area contributed by atoms with Gasteiger partial charge in [-0.05, 0) is 37.1 Å². The Hall–Kier alpha value is -2.67. The number of rotatable bonds is 5. The second-order valence-corrected chi connectivity index (χ2v) is 7.28. The third kappa shape index (κ3) is 3.60. The standard InChI is InChI=1S/C20H19BrN2O4/c1-20(15-5-3-4-6-16(15)21)18(25)23(19(26)22-20)12-11-13-7-9-14(10-8-13)17(24)27-2/h3-10H,11-12H2,1-2H3,(H,22,26)/t20-/m0/s1. The number of urea groups is 1. The first-order valence-electron chi connectivity index (χ1n) is 8.43. The van der Waals surface area contributed by atoms with Crippen molar-refractivity contribution in [3.63, 3.8) is 0 Å². The quantitative estimate of drug-likeness (QED) is 0.583. The first kappa shape index (κ1) is 19.1. The topological polar surface area (TPSA) is 75.7 Å². The summed E-state index contributed by atoms with van der Waals surface area (Å²) in [7, 11) is 1.33. The summed E-state index contributed by atoms with van der Waals surface area (Å²) in [6, 6.07) is 13.8. The van der Waals surface area contributed by atoms with E-state index in [1.807, 2.05) is 24.3 Å². The molecule has 0 bridgehead atoms. The molecule has 3 rings (SSSR count). The number of nitrogens with one attached hydrogen (secondary N) is 1. The van der Waals surface area contributed by atoms with Crippen molar-refractivity contribution in [1.29, 1.82) is 0 Å². The van der Waals surface area contributed by atoms with E-state index >= 15 is 0 Å². The summed E-state index contributed by atoms with van der Waals surface area (Å²) in [5.41, 5.74) is 0.982. The highest BCUT2D eigenvalue weighted by molar-refractivity contribution is 9.10. The molecule has 1 atom stereocenters. The molecule has 27 heavy (non-hydrogen) atoms. The fourth-order valence-electron chi connectivity index (χ4n) is 3.12. The summed E-state index contributed by atoms with van der Waals surface area (Å²) in [6.45, 7) is 1.96. The van der Waals surface area contributed by atoms with Crippen LogP contribution in [0.5, 0.6) is 0 Å². The lowest BCUT2D eigenvalue weighted by Gasteiger charge is -2.23. The maximum atomic E-state index is 13.0. The van der Waals surface area contributed by atoms with Crippen LogP contribution in [0.25, 0.3) is 0 Å². The molecule has 3 amide bonds. The number of ether oxygens (including phenoxy) is 1. The number of hydrogen-bond donors (Lipinski definition) is 1. The lowest BCUT2D eigenvalue weighted by atomic mass is 9.92. The Bertz CT molecular complexity index is 897. The second kappa shape index (κ2) is 7.52. The summed E-state index contributed by atoms with van der Waals surface area (Å²) >= 11 is 3.45. The van der Waals surface area contributed by atoms with Crippen molar-refractivity contribution in [2.24, 2.45) is 0 Å². The Morgan fingerprint density at radius 1 is 1.15 bits per heavy atom. The molecule has 140 valence electrons. The van der Waals surface area contributed by atoms with E-state index in [2.05, 4.69) is 26.0 Å². The average Bonchev–Trinajstić information content (AvgIpc) is 2.89. The third-order valence-corrected chi connectivity index (χ3v) is 5.38. The van der Waals surface area contributed by atoms with Crippen LogP contribution in [-0.2, 0) is 21.5 Å². The molecule has 0 aliphatic carbocycles. The summed E-state index contributed by atoms with van der Waals surface area (Å²) in [5.74, 6) is -0.689. The van der Waals surface area contributed by atoms with E-state index in [0.717, 1.165) is 10.0 Å². The van der Waals surface area contributed by atoms with Gasteiger partial charge < -0.3 is 10.1 Å². The Balaban J connectivity index is 1.73. The van der Waals surface area contributed by atoms with Crippen molar-refractivity contribution in [3.05, 3.63) is 69.7 Å². The largest absolute Gasteiger partial charge is 0.465 e. The van der Waals surface area contributed by atoms with Crippen LogP contribution >= 0.6 is 15.9 Å². The Morgan fingerprint density at radius 3 is 2.44 bits per heavy atom. The van der Waals surface area contributed by atoms with Gasteiger partial charge in [-0.25, -0.2) is 9.59 Å². The van der Waals surface area contributed by atoms with Gasteiger partial charge in [-0.3, -0.25) is 9.69 Å². The van der Waals surface area contributed by atoms with Crippen molar-refractivity contribution >= 4 is 33.8 Å². The number of carbonyl (C=O) groups is 3. The summed E-state index contributed by atoms with van der Waals surface area (Å²) in [6.07, 6.45) is 0.493. The molecule has 1 heterocycles. The smallest absolute Gasteiger partial charge is 0.337 e. The van der Waals surface area contributed by atoms with Crippen molar-refractivity contribution in [1.82, 2.24) is 10.2 Å². The number of carbonyl (C=O) groups excluding carboxylic acids is 3. The summed E-state index contributed by atoms with van der Waals surface area (Å²) in [4.78, 5) is 38.1. The Kier molecular flexibility index (Phi) is 5.32. The molecule has 0 aromatic heterocycles. The van der Waals surface area contributed by atoms with Gasteiger partial charge in [-0.1, -0.05) is 46.3 Å². The number of esters is 1. The van der Waals surface area contributed by atoms with Gasteiger partial charge in [0, 0.05) is 16.6 Å². The highest BCUT2D eigenvalue weighted by Gasteiger charge is 2.49. The highest BCUT2D eigenvalue weighted by Crippen LogP contribution is 2.33. The fraction of sp³-hybridized carbons (Fsp3) is 0.250. The first-order valence-corrected chi connectivity index (χ1v) is 9.22. The molecule has 0 radical (unpaired) electrons. The minimum absolute atomic E-state index is 0.252. The van der Waals surface area contributed by atoms with Crippen LogP contribution in [-0.4, -0.2) is 36.5 Å². The lowest BCUT2D eigenvalue weighted by molar-refractivity contribution is -0.131. The van der Waals surface area contributed by atoms with Gasteiger partial charge in [0.25, 0.3) is 5.91 Å². The highest BCUT2D eigenvalue weighted by atomic mass is 79.9. The van der Waals surface area contributed by atoms with E-state index in [-0.39, 0.29) is 12.5 Å². The molecular formula is C20H19BrN2O4. The minimum atomic E-state index is -1.11. The average molecular weight is 431 g/mol.